The summed E-state index contributed by atoms with van der Waals surface area (Å²) in [6.45, 7) is 12.0. The van der Waals surface area contributed by atoms with Crippen LogP contribution in [0, 0.1) is 5.41 Å². The van der Waals surface area contributed by atoms with Gasteiger partial charge in [-0.2, -0.15) is 0 Å². The lowest BCUT2D eigenvalue weighted by atomic mass is 9.78. The lowest BCUT2D eigenvalue weighted by Crippen LogP contribution is -2.56. The van der Waals surface area contributed by atoms with Crippen LogP contribution in [0.25, 0.3) is 0 Å². The highest BCUT2D eigenvalue weighted by molar-refractivity contribution is 5.89. The first-order chi connectivity index (χ1) is 13.8. The molecule has 1 aliphatic rings. The minimum absolute atomic E-state index is 0.0497. The number of nitrogens with one attached hydrogen (secondary N) is 1. The highest BCUT2D eigenvalue weighted by Crippen LogP contribution is 2.35. The van der Waals surface area contributed by atoms with Gasteiger partial charge in [0, 0.05) is 6.54 Å². The molecule has 1 N–H and O–H groups in total. The van der Waals surface area contributed by atoms with Gasteiger partial charge in [-0.05, 0) is 63.6 Å². The second-order valence-corrected chi connectivity index (χ2v) is 9.65. The van der Waals surface area contributed by atoms with E-state index < -0.39 is 23.7 Å². The van der Waals surface area contributed by atoms with Gasteiger partial charge >= 0.3 is 12.1 Å². The van der Waals surface area contributed by atoms with Gasteiger partial charge in [-0.15, -0.1) is 0 Å². The van der Waals surface area contributed by atoms with E-state index in [4.69, 9.17) is 9.47 Å². The van der Waals surface area contributed by atoms with Crippen molar-refractivity contribution in [1.29, 1.82) is 0 Å². The lowest BCUT2D eigenvalue weighted by Gasteiger charge is -2.43. The molecule has 7 heteroatoms. The van der Waals surface area contributed by atoms with E-state index in [1.54, 1.807) is 29.2 Å². The molecule has 2 atom stereocenters. The van der Waals surface area contributed by atoms with Gasteiger partial charge in [0.05, 0.1) is 18.7 Å². The number of rotatable bonds is 4. The molecule has 0 aromatic heterocycles. The number of amides is 2. The fraction of sp³-hybridized carbons (Fsp3) is 0.609. The summed E-state index contributed by atoms with van der Waals surface area (Å²) in [5.41, 5.74) is 0.630. The van der Waals surface area contributed by atoms with Crippen LogP contribution in [0.1, 0.15) is 76.3 Å². The molecule has 1 aliphatic heterocycles. The number of piperidine rings is 1. The summed E-state index contributed by atoms with van der Waals surface area (Å²) in [5, 5.41) is 3.01. The fourth-order valence-electron chi connectivity index (χ4n) is 3.51. The average Bonchev–Trinajstić information content (AvgIpc) is 2.65. The number of hydrogen-bond donors (Lipinski definition) is 1. The molecule has 0 radical (unpaired) electrons. The Morgan fingerprint density at radius 1 is 1.17 bits per heavy atom. The van der Waals surface area contributed by atoms with Gasteiger partial charge in [0.15, 0.2) is 0 Å². The molecule has 1 heterocycles. The number of likely N-dealkylation sites (tertiary alicyclic amines) is 1. The normalized spacial score (nSPS) is 19.6. The first-order valence-electron chi connectivity index (χ1n) is 10.3. The van der Waals surface area contributed by atoms with Crippen molar-refractivity contribution in [1.82, 2.24) is 10.2 Å². The maximum absolute atomic E-state index is 13.1. The third-order valence-corrected chi connectivity index (χ3v) is 5.27. The maximum atomic E-state index is 13.1. The minimum Gasteiger partial charge on any atom is -0.465 e. The van der Waals surface area contributed by atoms with Gasteiger partial charge in [0.1, 0.15) is 11.6 Å². The number of hydrogen-bond acceptors (Lipinski definition) is 5. The van der Waals surface area contributed by atoms with E-state index in [2.05, 4.69) is 19.2 Å². The van der Waals surface area contributed by atoms with E-state index in [9.17, 15) is 14.4 Å². The molecular weight excluding hydrogens is 384 g/mol. The summed E-state index contributed by atoms with van der Waals surface area (Å²) in [7, 11) is 1.33. The third kappa shape index (κ3) is 6.21. The van der Waals surface area contributed by atoms with E-state index in [-0.39, 0.29) is 17.4 Å². The van der Waals surface area contributed by atoms with Crippen LogP contribution in [-0.2, 0) is 14.3 Å². The van der Waals surface area contributed by atoms with Crippen LogP contribution in [-0.4, -0.2) is 48.2 Å². The monoisotopic (exact) mass is 418 g/mol. The summed E-state index contributed by atoms with van der Waals surface area (Å²) in [4.78, 5) is 39.0. The van der Waals surface area contributed by atoms with E-state index in [1.807, 2.05) is 27.7 Å². The van der Waals surface area contributed by atoms with Crippen LogP contribution in [0.4, 0.5) is 4.79 Å². The van der Waals surface area contributed by atoms with Gasteiger partial charge in [-0.3, -0.25) is 9.69 Å². The van der Waals surface area contributed by atoms with Crippen molar-refractivity contribution in [3.05, 3.63) is 35.4 Å². The SMILES string of the molecule is COC(=O)c1ccc(C(C)NC(=O)C2CC(C)(C)CCN2C(=O)OC(C)(C)C)cc1. The Kier molecular flexibility index (Phi) is 7.16. The first-order valence-corrected chi connectivity index (χ1v) is 10.3. The van der Waals surface area contributed by atoms with E-state index >= 15 is 0 Å². The number of ether oxygens (including phenoxy) is 2. The zero-order valence-electron chi connectivity index (χ0n) is 19.1. The van der Waals surface area contributed by atoms with Crippen molar-refractivity contribution in [3.8, 4) is 0 Å². The predicted molar refractivity (Wildman–Crippen MR) is 114 cm³/mol. The molecule has 1 saturated heterocycles. The number of carbonyl (C=O) groups excluding carboxylic acids is 3. The summed E-state index contributed by atoms with van der Waals surface area (Å²) >= 11 is 0. The van der Waals surface area contributed by atoms with Gasteiger partial charge in [-0.25, -0.2) is 9.59 Å². The Labute approximate surface area is 179 Å². The van der Waals surface area contributed by atoms with Gasteiger partial charge in [0.2, 0.25) is 5.91 Å². The quantitative estimate of drug-likeness (QED) is 0.745. The van der Waals surface area contributed by atoms with Crippen molar-refractivity contribution in [2.24, 2.45) is 5.41 Å². The molecule has 0 saturated carbocycles. The molecule has 2 unspecified atom stereocenters. The van der Waals surface area contributed by atoms with Gasteiger partial charge < -0.3 is 14.8 Å². The number of carbonyl (C=O) groups is 3. The molecule has 0 aliphatic carbocycles. The second-order valence-electron chi connectivity index (χ2n) is 9.65. The van der Waals surface area contributed by atoms with Crippen LogP contribution >= 0.6 is 0 Å². The Bertz CT molecular complexity index is 780. The topological polar surface area (TPSA) is 84.9 Å². The molecule has 0 bridgehead atoms. The lowest BCUT2D eigenvalue weighted by molar-refractivity contribution is -0.130. The Hall–Kier alpha value is -2.57. The second kappa shape index (κ2) is 9.06. The largest absolute Gasteiger partial charge is 0.465 e. The number of esters is 1. The molecule has 2 rings (SSSR count). The van der Waals surface area contributed by atoms with Crippen LogP contribution in [0.5, 0.6) is 0 Å². The summed E-state index contributed by atoms with van der Waals surface area (Å²) in [6.07, 6.45) is 0.903. The highest BCUT2D eigenvalue weighted by Gasteiger charge is 2.41. The van der Waals surface area contributed by atoms with Gasteiger partial charge in [0.25, 0.3) is 0 Å². The summed E-state index contributed by atoms with van der Waals surface area (Å²) in [5.74, 6) is -0.617. The number of benzene rings is 1. The van der Waals surface area contributed by atoms with Crippen LogP contribution < -0.4 is 5.32 Å². The molecule has 0 spiro atoms. The molecular formula is C23H34N2O5. The summed E-state index contributed by atoms with van der Waals surface area (Å²) in [6, 6.07) is 6.03. The average molecular weight is 419 g/mol. The Balaban J connectivity index is 2.13. The highest BCUT2D eigenvalue weighted by atomic mass is 16.6. The van der Waals surface area contributed by atoms with E-state index in [0.29, 0.717) is 18.5 Å². The van der Waals surface area contributed by atoms with E-state index in [0.717, 1.165) is 12.0 Å². The Morgan fingerprint density at radius 3 is 2.30 bits per heavy atom. The molecule has 7 nitrogen and oxygen atoms in total. The summed E-state index contributed by atoms with van der Waals surface area (Å²) < 4.78 is 10.2. The molecule has 1 aromatic rings. The van der Waals surface area contributed by atoms with Crippen molar-refractivity contribution < 1.29 is 23.9 Å². The van der Waals surface area contributed by atoms with Crippen molar-refractivity contribution in [3.63, 3.8) is 0 Å². The smallest absolute Gasteiger partial charge is 0.410 e. The number of nitrogens with zero attached hydrogens (tertiary/aromatic N) is 1. The van der Waals surface area contributed by atoms with Crippen molar-refractivity contribution in [2.45, 2.75) is 72.1 Å². The van der Waals surface area contributed by atoms with Crippen LogP contribution in [0.2, 0.25) is 0 Å². The van der Waals surface area contributed by atoms with Crippen LogP contribution in [0.3, 0.4) is 0 Å². The standard InChI is InChI=1S/C23H34N2O5/c1-15(16-8-10-17(11-9-16)20(27)29-7)24-19(26)18-14-23(5,6)12-13-25(18)21(28)30-22(2,3)4/h8-11,15,18H,12-14H2,1-7H3,(H,24,26). The van der Waals surface area contributed by atoms with Crippen molar-refractivity contribution in [2.75, 3.05) is 13.7 Å². The molecule has 1 aromatic carbocycles. The minimum atomic E-state index is -0.625. The molecule has 2 amide bonds. The Morgan fingerprint density at radius 2 is 1.77 bits per heavy atom. The third-order valence-electron chi connectivity index (χ3n) is 5.27. The van der Waals surface area contributed by atoms with E-state index in [1.165, 1.54) is 7.11 Å². The molecule has 1 fully saturated rings. The predicted octanol–water partition coefficient (Wildman–Crippen LogP) is 4.08. The maximum Gasteiger partial charge on any atom is 0.410 e. The van der Waals surface area contributed by atoms with Crippen LogP contribution in [0.15, 0.2) is 24.3 Å². The fourth-order valence-corrected chi connectivity index (χ4v) is 3.51. The molecule has 30 heavy (non-hydrogen) atoms. The zero-order valence-corrected chi connectivity index (χ0v) is 19.1. The molecule has 166 valence electrons. The van der Waals surface area contributed by atoms with Crippen molar-refractivity contribution >= 4 is 18.0 Å². The first kappa shape index (κ1) is 23.7. The van der Waals surface area contributed by atoms with Gasteiger partial charge in [-0.1, -0.05) is 26.0 Å². The number of methoxy groups -OCH3 is 1. The zero-order chi connectivity index (χ0) is 22.7.